The van der Waals surface area contributed by atoms with Gasteiger partial charge >= 0.3 is 5.97 Å². The molecule has 5 nitrogen and oxygen atoms in total. The molecule has 0 aliphatic carbocycles. The van der Waals surface area contributed by atoms with Crippen molar-refractivity contribution in [1.29, 1.82) is 0 Å². The standard InChI is InChI=1S/C7H11NO4/c1-3-4-6(5-8(10)11)7(9)12-2/h3,6H,1,4-5H2,2H3. The Kier molecular flexibility index (Phi) is 4.67. The Morgan fingerprint density at radius 2 is 2.42 bits per heavy atom. The van der Waals surface area contributed by atoms with Crippen LogP contribution in [-0.2, 0) is 9.53 Å². The molecule has 0 radical (unpaired) electrons. The third-order valence-corrected chi connectivity index (χ3v) is 1.36. The molecule has 5 heteroatoms. The minimum atomic E-state index is -0.706. The predicted molar refractivity (Wildman–Crippen MR) is 42.2 cm³/mol. The highest BCUT2D eigenvalue weighted by Gasteiger charge is 2.22. The lowest BCUT2D eigenvalue weighted by Gasteiger charge is -2.06. The molecule has 1 atom stereocenters. The van der Waals surface area contributed by atoms with Gasteiger partial charge in [-0.05, 0) is 6.42 Å². The summed E-state index contributed by atoms with van der Waals surface area (Å²) < 4.78 is 4.37. The molecule has 0 N–H and O–H groups in total. The summed E-state index contributed by atoms with van der Waals surface area (Å²) in [5.41, 5.74) is 0. The van der Waals surface area contributed by atoms with Crippen LogP contribution in [0.1, 0.15) is 6.42 Å². The molecule has 68 valence electrons. The number of nitrogens with zero attached hydrogens (tertiary/aromatic N) is 1. The summed E-state index contributed by atoms with van der Waals surface area (Å²) >= 11 is 0. The van der Waals surface area contributed by atoms with Crippen LogP contribution < -0.4 is 0 Å². The van der Waals surface area contributed by atoms with E-state index in [1.54, 1.807) is 0 Å². The fourth-order valence-electron chi connectivity index (χ4n) is 0.793. The largest absolute Gasteiger partial charge is 0.469 e. The summed E-state index contributed by atoms with van der Waals surface area (Å²) in [5.74, 6) is -1.27. The zero-order valence-corrected chi connectivity index (χ0v) is 6.86. The summed E-state index contributed by atoms with van der Waals surface area (Å²) in [6.07, 6.45) is 1.73. The second-order valence-corrected chi connectivity index (χ2v) is 2.26. The highest BCUT2D eigenvalue weighted by Crippen LogP contribution is 2.05. The third kappa shape index (κ3) is 3.70. The summed E-state index contributed by atoms with van der Waals surface area (Å²) in [5, 5.41) is 10.1. The molecular formula is C7H11NO4. The van der Waals surface area contributed by atoms with Gasteiger partial charge in [0, 0.05) is 4.92 Å². The molecule has 0 aromatic carbocycles. The van der Waals surface area contributed by atoms with E-state index in [9.17, 15) is 14.9 Å². The number of esters is 1. The predicted octanol–water partition coefficient (Wildman–Crippen LogP) is 0.628. The zero-order valence-electron chi connectivity index (χ0n) is 6.86. The molecule has 0 spiro atoms. The van der Waals surface area contributed by atoms with Crippen LogP contribution in [0.5, 0.6) is 0 Å². The Hall–Kier alpha value is -1.39. The molecule has 0 aromatic heterocycles. The normalized spacial score (nSPS) is 11.8. The van der Waals surface area contributed by atoms with Crippen molar-refractivity contribution in [3.8, 4) is 0 Å². The second-order valence-electron chi connectivity index (χ2n) is 2.26. The number of methoxy groups -OCH3 is 1. The molecule has 0 saturated heterocycles. The van der Waals surface area contributed by atoms with Crippen molar-refractivity contribution in [1.82, 2.24) is 0 Å². The molecule has 0 rings (SSSR count). The first-order valence-corrected chi connectivity index (χ1v) is 3.42. The molecule has 12 heavy (non-hydrogen) atoms. The average molecular weight is 173 g/mol. The highest BCUT2D eigenvalue weighted by atomic mass is 16.6. The van der Waals surface area contributed by atoms with Crippen molar-refractivity contribution < 1.29 is 14.5 Å². The topological polar surface area (TPSA) is 69.4 Å². The molecule has 0 heterocycles. The molecule has 0 saturated carbocycles. The minimum Gasteiger partial charge on any atom is -0.469 e. The van der Waals surface area contributed by atoms with Crippen LogP contribution in [0.15, 0.2) is 12.7 Å². The molecule has 1 unspecified atom stereocenters. The van der Waals surface area contributed by atoms with E-state index < -0.39 is 23.4 Å². The van der Waals surface area contributed by atoms with E-state index >= 15 is 0 Å². The van der Waals surface area contributed by atoms with Crippen LogP contribution in [0.4, 0.5) is 0 Å². The fourth-order valence-corrected chi connectivity index (χ4v) is 0.793. The third-order valence-electron chi connectivity index (χ3n) is 1.36. The zero-order chi connectivity index (χ0) is 9.56. The average Bonchev–Trinajstić information content (AvgIpc) is 2.01. The number of allylic oxidation sites excluding steroid dienone is 1. The van der Waals surface area contributed by atoms with Crippen molar-refractivity contribution >= 4 is 5.97 Å². The van der Waals surface area contributed by atoms with Gasteiger partial charge in [0.1, 0.15) is 5.92 Å². The lowest BCUT2D eigenvalue weighted by atomic mass is 10.1. The van der Waals surface area contributed by atoms with Crippen LogP contribution in [0.3, 0.4) is 0 Å². The van der Waals surface area contributed by atoms with Gasteiger partial charge in [-0.1, -0.05) is 6.08 Å². The van der Waals surface area contributed by atoms with E-state index in [0.717, 1.165) is 0 Å². The van der Waals surface area contributed by atoms with Crippen molar-refractivity contribution in [2.75, 3.05) is 13.7 Å². The molecule has 0 bridgehead atoms. The number of carbonyl (C=O) groups excluding carboxylic acids is 1. The minimum absolute atomic E-state index is 0.271. The van der Waals surface area contributed by atoms with E-state index in [1.807, 2.05) is 0 Å². The maximum Gasteiger partial charge on any atom is 0.315 e. The smallest absolute Gasteiger partial charge is 0.315 e. The number of ether oxygens (including phenoxy) is 1. The number of rotatable bonds is 5. The number of nitro groups is 1. The summed E-state index contributed by atoms with van der Waals surface area (Å²) in [7, 11) is 1.21. The quantitative estimate of drug-likeness (QED) is 0.264. The Labute approximate surface area is 70.2 Å². The Morgan fingerprint density at radius 3 is 2.75 bits per heavy atom. The van der Waals surface area contributed by atoms with Gasteiger partial charge in [-0.25, -0.2) is 0 Å². The van der Waals surface area contributed by atoms with E-state index in [-0.39, 0.29) is 6.42 Å². The van der Waals surface area contributed by atoms with Gasteiger partial charge in [0.05, 0.1) is 7.11 Å². The van der Waals surface area contributed by atoms with Gasteiger partial charge in [-0.3, -0.25) is 14.9 Å². The van der Waals surface area contributed by atoms with Crippen LogP contribution in [0.2, 0.25) is 0 Å². The van der Waals surface area contributed by atoms with Gasteiger partial charge < -0.3 is 4.74 Å². The molecular weight excluding hydrogens is 162 g/mol. The van der Waals surface area contributed by atoms with Crippen LogP contribution in [-0.4, -0.2) is 24.5 Å². The number of hydrogen-bond donors (Lipinski definition) is 0. The first-order valence-electron chi connectivity index (χ1n) is 3.42. The van der Waals surface area contributed by atoms with E-state index in [2.05, 4.69) is 11.3 Å². The van der Waals surface area contributed by atoms with Gasteiger partial charge in [0.25, 0.3) is 0 Å². The Bertz CT molecular complexity index is 190. The summed E-state index contributed by atoms with van der Waals surface area (Å²) in [4.78, 5) is 20.4. The van der Waals surface area contributed by atoms with Gasteiger partial charge in [0.15, 0.2) is 0 Å². The molecule has 0 fully saturated rings. The maximum atomic E-state index is 10.9. The molecule has 0 aliphatic rings. The van der Waals surface area contributed by atoms with Gasteiger partial charge in [-0.15, -0.1) is 6.58 Å². The fraction of sp³-hybridized carbons (Fsp3) is 0.571. The van der Waals surface area contributed by atoms with Crippen molar-refractivity contribution in [2.24, 2.45) is 5.92 Å². The van der Waals surface area contributed by atoms with Crippen molar-refractivity contribution in [3.05, 3.63) is 22.8 Å². The van der Waals surface area contributed by atoms with Crippen molar-refractivity contribution in [2.45, 2.75) is 6.42 Å². The van der Waals surface area contributed by atoms with E-state index in [4.69, 9.17) is 0 Å². The van der Waals surface area contributed by atoms with Gasteiger partial charge in [-0.2, -0.15) is 0 Å². The lowest BCUT2D eigenvalue weighted by molar-refractivity contribution is -0.486. The van der Waals surface area contributed by atoms with E-state index in [0.29, 0.717) is 0 Å². The monoisotopic (exact) mass is 173 g/mol. The van der Waals surface area contributed by atoms with E-state index in [1.165, 1.54) is 13.2 Å². The maximum absolute atomic E-state index is 10.9. The highest BCUT2D eigenvalue weighted by molar-refractivity contribution is 5.72. The summed E-state index contributed by atoms with van der Waals surface area (Å²) in [6.45, 7) is 2.99. The first-order chi connectivity index (χ1) is 5.61. The summed E-state index contributed by atoms with van der Waals surface area (Å²) in [6, 6.07) is 0. The molecule has 0 aliphatic heterocycles. The van der Waals surface area contributed by atoms with Crippen LogP contribution in [0, 0.1) is 16.0 Å². The Morgan fingerprint density at radius 1 is 1.83 bits per heavy atom. The van der Waals surface area contributed by atoms with Crippen molar-refractivity contribution in [3.63, 3.8) is 0 Å². The van der Waals surface area contributed by atoms with Gasteiger partial charge in [0.2, 0.25) is 6.54 Å². The molecule has 0 amide bonds. The SMILES string of the molecule is C=CCC(C[N+](=O)[O-])C(=O)OC. The number of carbonyl (C=O) groups is 1. The first kappa shape index (κ1) is 10.6. The molecule has 0 aromatic rings. The Balaban J connectivity index is 4.11. The van der Waals surface area contributed by atoms with Crippen LogP contribution in [0.25, 0.3) is 0 Å². The lowest BCUT2D eigenvalue weighted by Crippen LogP contribution is -2.23. The second kappa shape index (κ2) is 5.29. The van der Waals surface area contributed by atoms with Crippen LogP contribution >= 0.6 is 0 Å². The number of hydrogen-bond acceptors (Lipinski definition) is 4.